The first-order valence-corrected chi connectivity index (χ1v) is 8.44. The van der Waals surface area contributed by atoms with Crippen LogP contribution in [0.2, 0.25) is 0 Å². The lowest BCUT2D eigenvalue weighted by Crippen LogP contribution is -2.26. The molecular formula is C15H20N2O3S. The Morgan fingerprint density at radius 1 is 1.24 bits per heavy atom. The molecule has 1 aromatic carbocycles. The van der Waals surface area contributed by atoms with Crippen molar-refractivity contribution in [2.24, 2.45) is 0 Å². The molecule has 5 nitrogen and oxygen atoms in total. The Labute approximate surface area is 125 Å². The van der Waals surface area contributed by atoms with Gasteiger partial charge in [0.25, 0.3) is 0 Å². The number of hydrogen-bond acceptors (Lipinski definition) is 4. The molecule has 0 aliphatic carbocycles. The molecule has 0 bridgehead atoms. The third kappa shape index (κ3) is 4.23. The van der Waals surface area contributed by atoms with E-state index in [9.17, 15) is 8.42 Å². The summed E-state index contributed by atoms with van der Waals surface area (Å²) in [5.74, 6) is 0. The summed E-state index contributed by atoms with van der Waals surface area (Å²) >= 11 is 0. The number of benzene rings is 1. The predicted molar refractivity (Wildman–Crippen MR) is 82.6 cm³/mol. The lowest BCUT2D eigenvalue weighted by atomic mass is 10.2. The summed E-state index contributed by atoms with van der Waals surface area (Å²) in [6, 6.07) is 8.77. The van der Waals surface area contributed by atoms with E-state index in [1.165, 1.54) is 0 Å². The van der Waals surface area contributed by atoms with E-state index >= 15 is 0 Å². The number of nitrogens with one attached hydrogen (secondary N) is 1. The average Bonchev–Trinajstić information content (AvgIpc) is 2.46. The third-order valence-electron chi connectivity index (χ3n) is 2.95. The van der Waals surface area contributed by atoms with E-state index in [0.717, 1.165) is 5.39 Å². The predicted octanol–water partition coefficient (Wildman–Crippen LogP) is 2.33. The zero-order chi connectivity index (χ0) is 15.3. The van der Waals surface area contributed by atoms with E-state index in [-0.39, 0.29) is 11.0 Å². The van der Waals surface area contributed by atoms with Gasteiger partial charge in [0.1, 0.15) is 4.90 Å². The highest BCUT2D eigenvalue weighted by Gasteiger charge is 2.17. The van der Waals surface area contributed by atoms with Crippen LogP contribution in [0.3, 0.4) is 0 Å². The first kappa shape index (κ1) is 15.9. The van der Waals surface area contributed by atoms with E-state index < -0.39 is 10.0 Å². The second kappa shape index (κ2) is 6.98. The number of para-hydroxylation sites is 1. The van der Waals surface area contributed by atoms with E-state index in [1.54, 1.807) is 24.4 Å². The van der Waals surface area contributed by atoms with Crippen molar-refractivity contribution in [1.82, 2.24) is 9.71 Å². The Kier molecular flexibility index (Phi) is 5.27. The van der Waals surface area contributed by atoms with Crippen molar-refractivity contribution in [3.8, 4) is 0 Å². The third-order valence-corrected chi connectivity index (χ3v) is 4.44. The van der Waals surface area contributed by atoms with Gasteiger partial charge in [-0.15, -0.1) is 0 Å². The Morgan fingerprint density at radius 2 is 2.00 bits per heavy atom. The van der Waals surface area contributed by atoms with Crippen molar-refractivity contribution in [2.45, 2.75) is 31.3 Å². The zero-order valence-corrected chi connectivity index (χ0v) is 13.1. The van der Waals surface area contributed by atoms with Crippen LogP contribution >= 0.6 is 0 Å². The van der Waals surface area contributed by atoms with Gasteiger partial charge in [0, 0.05) is 24.7 Å². The lowest BCUT2D eigenvalue weighted by Gasteiger charge is -2.10. The molecule has 114 valence electrons. The summed E-state index contributed by atoms with van der Waals surface area (Å²) in [5, 5.41) is 0.809. The van der Waals surface area contributed by atoms with E-state index in [1.807, 2.05) is 26.0 Å². The number of ether oxygens (including phenoxy) is 1. The molecule has 0 amide bonds. The van der Waals surface area contributed by atoms with Crippen LogP contribution < -0.4 is 4.72 Å². The summed E-state index contributed by atoms with van der Waals surface area (Å²) in [7, 11) is -3.56. The first-order valence-electron chi connectivity index (χ1n) is 6.96. The number of fused-ring (bicyclic) bond motifs is 1. The first-order chi connectivity index (χ1) is 10.0. The van der Waals surface area contributed by atoms with Crippen LogP contribution in [0.25, 0.3) is 10.9 Å². The summed E-state index contributed by atoms with van der Waals surface area (Å²) in [6.45, 7) is 4.78. The number of nitrogens with zero attached hydrogens (tertiary/aromatic N) is 1. The molecule has 0 aliphatic heterocycles. The maximum Gasteiger partial charge on any atom is 0.242 e. The average molecular weight is 308 g/mol. The van der Waals surface area contributed by atoms with Gasteiger partial charge in [-0.3, -0.25) is 4.98 Å². The normalized spacial score (nSPS) is 12.1. The maximum atomic E-state index is 12.4. The molecule has 0 radical (unpaired) electrons. The Hall–Kier alpha value is -1.50. The molecule has 0 spiro atoms. The summed E-state index contributed by atoms with van der Waals surface area (Å²) < 4.78 is 32.7. The minimum atomic E-state index is -3.56. The van der Waals surface area contributed by atoms with Gasteiger partial charge in [-0.2, -0.15) is 0 Å². The Balaban J connectivity index is 2.08. The minimum absolute atomic E-state index is 0.156. The molecule has 0 saturated heterocycles. The number of pyridine rings is 1. The molecule has 0 atom stereocenters. The van der Waals surface area contributed by atoms with Crippen LogP contribution in [0.5, 0.6) is 0 Å². The molecule has 0 aliphatic rings. The van der Waals surface area contributed by atoms with Gasteiger partial charge in [-0.1, -0.05) is 18.2 Å². The standard InChI is InChI=1S/C15H20N2O3S/c1-12(2)20-11-5-10-17-21(18,19)14-8-3-6-13-7-4-9-16-15(13)14/h3-4,6-9,12,17H,5,10-11H2,1-2H3. The number of hydrogen-bond donors (Lipinski definition) is 1. The maximum absolute atomic E-state index is 12.4. The summed E-state index contributed by atoms with van der Waals surface area (Å²) in [4.78, 5) is 4.38. The van der Waals surface area contributed by atoms with Crippen LogP contribution in [0.15, 0.2) is 41.4 Å². The second-order valence-corrected chi connectivity index (χ2v) is 6.74. The van der Waals surface area contributed by atoms with Crippen molar-refractivity contribution < 1.29 is 13.2 Å². The monoisotopic (exact) mass is 308 g/mol. The fourth-order valence-electron chi connectivity index (χ4n) is 1.97. The molecule has 1 heterocycles. The molecule has 1 N–H and O–H groups in total. The van der Waals surface area contributed by atoms with Crippen molar-refractivity contribution in [3.63, 3.8) is 0 Å². The van der Waals surface area contributed by atoms with Crippen molar-refractivity contribution in [3.05, 3.63) is 36.5 Å². The quantitative estimate of drug-likeness (QED) is 0.797. The SMILES string of the molecule is CC(C)OCCCNS(=O)(=O)c1cccc2cccnc12. The van der Waals surface area contributed by atoms with Gasteiger partial charge >= 0.3 is 0 Å². The highest BCUT2D eigenvalue weighted by molar-refractivity contribution is 7.89. The lowest BCUT2D eigenvalue weighted by molar-refractivity contribution is 0.0778. The molecule has 0 saturated carbocycles. The van der Waals surface area contributed by atoms with Crippen LogP contribution in [-0.2, 0) is 14.8 Å². The van der Waals surface area contributed by atoms with Crippen LogP contribution in [0, 0.1) is 0 Å². The van der Waals surface area contributed by atoms with Gasteiger partial charge < -0.3 is 4.74 Å². The number of aromatic nitrogens is 1. The fraction of sp³-hybridized carbons (Fsp3) is 0.400. The summed E-state index contributed by atoms with van der Waals surface area (Å²) in [5.41, 5.74) is 0.492. The van der Waals surface area contributed by atoms with Crippen LogP contribution in [0.4, 0.5) is 0 Å². The van der Waals surface area contributed by atoms with Crippen molar-refractivity contribution in [1.29, 1.82) is 0 Å². The van der Waals surface area contributed by atoms with Gasteiger partial charge in [0.2, 0.25) is 10.0 Å². The topological polar surface area (TPSA) is 68.3 Å². The highest BCUT2D eigenvalue weighted by Crippen LogP contribution is 2.20. The second-order valence-electron chi connectivity index (χ2n) is 5.00. The van der Waals surface area contributed by atoms with Crippen LogP contribution in [0.1, 0.15) is 20.3 Å². The van der Waals surface area contributed by atoms with Crippen LogP contribution in [-0.4, -0.2) is 32.7 Å². The Morgan fingerprint density at radius 3 is 2.76 bits per heavy atom. The molecule has 6 heteroatoms. The van der Waals surface area contributed by atoms with E-state index in [2.05, 4.69) is 9.71 Å². The molecule has 2 aromatic rings. The molecule has 0 unspecified atom stereocenters. The van der Waals surface area contributed by atoms with Crippen molar-refractivity contribution >= 4 is 20.9 Å². The smallest absolute Gasteiger partial charge is 0.242 e. The van der Waals surface area contributed by atoms with Gasteiger partial charge in [-0.25, -0.2) is 13.1 Å². The Bertz CT molecular complexity index is 694. The van der Waals surface area contributed by atoms with Gasteiger partial charge in [-0.05, 0) is 32.4 Å². The largest absolute Gasteiger partial charge is 0.379 e. The van der Waals surface area contributed by atoms with Gasteiger partial charge in [0.05, 0.1) is 11.6 Å². The number of rotatable bonds is 7. The molecule has 1 aromatic heterocycles. The molecular weight excluding hydrogens is 288 g/mol. The van der Waals surface area contributed by atoms with Gasteiger partial charge in [0.15, 0.2) is 0 Å². The highest BCUT2D eigenvalue weighted by atomic mass is 32.2. The zero-order valence-electron chi connectivity index (χ0n) is 12.2. The van der Waals surface area contributed by atoms with Crippen molar-refractivity contribution in [2.75, 3.05) is 13.2 Å². The molecule has 0 fully saturated rings. The molecule has 2 rings (SSSR count). The molecule has 21 heavy (non-hydrogen) atoms. The number of sulfonamides is 1. The van der Waals surface area contributed by atoms with E-state index in [4.69, 9.17) is 4.74 Å². The fourth-order valence-corrected chi connectivity index (χ4v) is 3.22. The minimum Gasteiger partial charge on any atom is -0.379 e. The summed E-state index contributed by atoms with van der Waals surface area (Å²) in [6.07, 6.45) is 2.39. The van der Waals surface area contributed by atoms with E-state index in [0.29, 0.717) is 25.1 Å².